The molecule has 9 heteroatoms. The Balaban J connectivity index is 3.74. The van der Waals surface area contributed by atoms with Gasteiger partial charge in [-0.1, -0.05) is 0 Å². The van der Waals surface area contributed by atoms with E-state index >= 15 is 0 Å². The first kappa shape index (κ1) is 14.9. The summed E-state index contributed by atoms with van der Waals surface area (Å²) in [5.41, 5.74) is -4.26. The average molecular weight is 293 g/mol. The fraction of sp³-hybridized carbons (Fsp3) is 0.200. The maximum Gasteiger partial charge on any atom is 0.418 e. The van der Waals surface area contributed by atoms with Crippen LogP contribution in [-0.2, 0) is 6.18 Å². The number of benzene rings is 1. The van der Waals surface area contributed by atoms with Crippen LogP contribution in [0.4, 0.5) is 18.9 Å². The van der Waals surface area contributed by atoms with Gasteiger partial charge in [0.25, 0.3) is 5.69 Å². The highest BCUT2D eigenvalue weighted by Gasteiger charge is 2.39. The summed E-state index contributed by atoms with van der Waals surface area (Å²) in [6.45, 7) is 0. The van der Waals surface area contributed by atoms with Crippen LogP contribution in [0.3, 0.4) is 0 Å². The third-order valence-corrected chi connectivity index (χ3v) is 2.40. The van der Waals surface area contributed by atoms with Crippen molar-refractivity contribution in [2.24, 2.45) is 0 Å². The smallest absolute Gasteiger partial charge is 0.293 e. The average Bonchev–Trinajstić information content (AvgIpc) is 2.34. The van der Waals surface area contributed by atoms with Crippen molar-refractivity contribution < 1.29 is 22.9 Å². The van der Waals surface area contributed by atoms with E-state index in [4.69, 9.17) is 16.9 Å². The number of halogens is 4. The van der Waals surface area contributed by atoms with Gasteiger partial charge in [-0.15, -0.1) is 11.6 Å². The highest BCUT2D eigenvalue weighted by atomic mass is 35.5. The summed E-state index contributed by atoms with van der Waals surface area (Å²) in [5, 5.41) is 19.2. The van der Waals surface area contributed by atoms with E-state index in [1.807, 2.05) is 0 Å². The zero-order chi connectivity index (χ0) is 14.8. The number of hydrogen-bond acceptors (Lipinski definition) is 4. The van der Waals surface area contributed by atoms with Crippen molar-refractivity contribution in [2.75, 3.05) is 5.88 Å². The highest BCUT2D eigenvalue weighted by Crippen LogP contribution is 2.37. The quantitative estimate of drug-likeness (QED) is 0.371. The number of ketones is 1. The number of rotatable bonds is 3. The van der Waals surface area contributed by atoms with Gasteiger partial charge < -0.3 is 0 Å². The summed E-state index contributed by atoms with van der Waals surface area (Å²) in [6, 6.07) is 2.13. The maximum atomic E-state index is 12.8. The molecule has 5 nitrogen and oxygen atoms in total. The lowest BCUT2D eigenvalue weighted by Gasteiger charge is -2.12. The van der Waals surface area contributed by atoms with E-state index in [2.05, 4.69) is 0 Å². The first-order valence-corrected chi connectivity index (χ1v) is 5.14. The molecule has 0 saturated carbocycles. The Bertz CT molecular complexity index is 593. The third kappa shape index (κ3) is 3.00. The molecule has 0 spiro atoms. The lowest BCUT2D eigenvalue weighted by molar-refractivity contribution is -0.384. The molecule has 0 N–H and O–H groups in total. The molecule has 0 radical (unpaired) electrons. The van der Waals surface area contributed by atoms with Gasteiger partial charge in [-0.3, -0.25) is 14.9 Å². The van der Waals surface area contributed by atoms with Gasteiger partial charge in [-0.25, -0.2) is 0 Å². The summed E-state index contributed by atoms with van der Waals surface area (Å²) in [6.07, 6.45) is -4.99. The maximum absolute atomic E-state index is 12.8. The van der Waals surface area contributed by atoms with Crippen molar-refractivity contribution in [2.45, 2.75) is 6.18 Å². The van der Waals surface area contributed by atoms with E-state index in [9.17, 15) is 28.1 Å². The standard InChI is InChI=1S/C10H4ClF3N2O3/c11-3-8(17)7-2-6(16(18)19)1-5(4-15)9(7)10(12,13)14/h1-2H,3H2. The topological polar surface area (TPSA) is 84.0 Å². The molecule has 0 aliphatic heterocycles. The molecule has 0 amide bonds. The summed E-state index contributed by atoms with van der Waals surface area (Å²) in [5.74, 6) is -1.93. The Morgan fingerprint density at radius 1 is 1.47 bits per heavy atom. The second kappa shape index (κ2) is 5.24. The Morgan fingerprint density at radius 2 is 2.05 bits per heavy atom. The van der Waals surface area contributed by atoms with Crippen molar-refractivity contribution in [1.82, 2.24) is 0 Å². The third-order valence-electron chi connectivity index (χ3n) is 2.16. The Morgan fingerprint density at radius 3 is 2.42 bits per heavy atom. The van der Waals surface area contributed by atoms with E-state index in [1.165, 1.54) is 6.07 Å². The van der Waals surface area contributed by atoms with Crippen LogP contribution in [0.2, 0.25) is 0 Å². The van der Waals surface area contributed by atoms with Crippen LogP contribution < -0.4 is 0 Å². The van der Waals surface area contributed by atoms with E-state index in [-0.39, 0.29) is 0 Å². The zero-order valence-corrected chi connectivity index (χ0v) is 9.75. The van der Waals surface area contributed by atoms with Crippen LogP contribution in [0.25, 0.3) is 0 Å². The monoisotopic (exact) mass is 292 g/mol. The minimum Gasteiger partial charge on any atom is -0.293 e. The number of nitro benzene ring substituents is 1. The second-order valence-electron chi connectivity index (χ2n) is 3.34. The molecule has 1 aromatic rings. The molecule has 0 fully saturated rings. The van der Waals surface area contributed by atoms with Crippen molar-refractivity contribution in [3.63, 3.8) is 0 Å². The van der Waals surface area contributed by atoms with E-state index in [1.54, 1.807) is 0 Å². The number of nitro groups is 1. The fourth-order valence-electron chi connectivity index (χ4n) is 1.42. The van der Waals surface area contributed by atoms with Crippen LogP contribution in [0.5, 0.6) is 0 Å². The molecule has 0 aliphatic rings. The number of nitriles is 1. The van der Waals surface area contributed by atoms with Gasteiger partial charge in [0.1, 0.15) is 6.07 Å². The minimum absolute atomic E-state index is 0.466. The molecular weight excluding hydrogens is 289 g/mol. The van der Waals surface area contributed by atoms with Crippen LogP contribution in [0.1, 0.15) is 21.5 Å². The van der Waals surface area contributed by atoms with Crippen molar-refractivity contribution in [1.29, 1.82) is 5.26 Å². The summed E-state index contributed by atoms with van der Waals surface area (Å²) in [7, 11) is 0. The number of carbonyl (C=O) groups excluding carboxylic acids is 1. The number of nitrogens with zero attached hydrogens (tertiary/aromatic N) is 2. The molecule has 1 rings (SSSR count). The molecule has 0 aromatic heterocycles. The van der Waals surface area contributed by atoms with Crippen molar-refractivity contribution in [3.05, 3.63) is 38.9 Å². The second-order valence-corrected chi connectivity index (χ2v) is 3.61. The van der Waals surface area contributed by atoms with Crippen molar-refractivity contribution in [3.8, 4) is 6.07 Å². The molecule has 100 valence electrons. The molecule has 0 atom stereocenters. The van der Waals surface area contributed by atoms with Crippen LogP contribution in [0, 0.1) is 21.4 Å². The van der Waals surface area contributed by atoms with Crippen LogP contribution >= 0.6 is 11.6 Å². The molecule has 0 aliphatic carbocycles. The van der Waals surface area contributed by atoms with Gasteiger partial charge in [0.05, 0.1) is 21.9 Å². The summed E-state index contributed by atoms with van der Waals surface area (Å²) >= 11 is 5.17. The predicted molar refractivity (Wildman–Crippen MR) is 57.9 cm³/mol. The highest BCUT2D eigenvalue weighted by molar-refractivity contribution is 6.30. The first-order valence-electron chi connectivity index (χ1n) is 4.61. The minimum atomic E-state index is -4.99. The Labute approximate surface area is 109 Å². The van der Waals surface area contributed by atoms with Gasteiger partial charge in [-0.2, -0.15) is 18.4 Å². The molecule has 0 unspecified atom stereocenters. The molecule has 0 saturated heterocycles. The molecule has 0 heterocycles. The number of alkyl halides is 4. The van der Waals surface area contributed by atoms with Gasteiger partial charge in [0, 0.05) is 17.7 Å². The first-order chi connectivity index (χ1) is 8.72. The molecule has 1 aromatic carbocycles. The predicted octanol–water partition coefficient (Wildman–Crippen LogP) is 2.91. The number of carbonyl (C=O) groups is 1. The molecule has 19 heavy (non-hydrogen) atoms. The lowest BCUT2D eigenvalue weighted by Crippen LogP contribution is -2.16. The van der Waals surface area contributed by atoms with Crippen molar-refractivity contribution >= 4 is 23.1 Å². The fourth-order valence-corrected chi connectivity index (χ4v) is 1.56. The van der Waals surface area contributed by atoms with Gasteiger partial charge in [0.2, 0.25) is 0 Å². The summed E-state index contributed by atoms with van der Waals surface area (Å²) in [4.78, 5) is 20.9. The van der Waals surface area contributed by atoms with Crippen LogP contribution in [-0.4, -0.2) is 16.6 Å². The van der Waals surface area contributed by atoms with E-state index < -0.39 is 45.1 Å². The SMILES string of the molecule is N#Cc1cc([N+](=O)[O-])cc(C(=O)CCl)c1C(F)(F)F. The number of Topliss-reactive ketones (excluding diaryl/α,β-unsaturated/α-hetero) is 1. The number of non-ortho nitro benzene ring substituents is 1. The summed E-state index contributed by atoms with van der Waals surface area (Å²) < 4.78 is 38.4. The largest absolute Gasteiger partial charge is 0.418 e. The molecular formula is C10H4ClF3N2O3. The van der Waals surface area contributed by atoms with Gasteiger partial charge >= 0.3 is 6.18 Å². The van der Waals surface area contributed by atoms with E-state index in [0.717, 1.165) is 0 Å². The van der Waals surface area contributed by atoms with Gasteiger partial charge in [-0.05, 0) is 0 Å². The van der Waals surface area contributed by atoms with E-state index in [0.29, 0.717) is 12.1 Å². The lowest BCUT2D eigenvalue weighted by atomic mass is 9.97. The zero-order valence-electron chi connectivity index (χ0n) is 8.99. The molecule has 0 bridgehead atoms. The normalized spacial score (nSPS) is 10.9. The van der Waals surface area contributed by atoms with Gasteiger partial charge in [0.15, 0.2) is 5.78 Å². The Hall–Kier alpha value is -2.14. The van der Waals surface area contributed by atoms with Crippen LogP contribution in [0.15, 0.2) is 12.1 Å². The number of hydrogen-bond donors (Lipinski definition) is 0. The Kier molecular flexibility index (Phi) is 4.11.